The Morgan fingerprint density at radius 1 is 1.53 bits per heavy atom. The summed E-state index contributed by atoms with van der Waals surface area (Å²) in [5.74, 6) is 0. The minimum absolute atomic E-state index is 0.500. The molecule has 1 aliphatic heterocycles. The van der Waals surface area contributed by atoms with Crippen LogP contribution in [0.2, 0.25) is 0 Å². The number of aryl methyl sites for hydroxylation is 1. The molecule has 0 aromatic carbocycles. The highest BCUT2D eigenvalue weighted by molar-refractivity contribution is 5.06. The molecule has 1 aliphatic rings. The molecule has 0 saturated carbocycles. The summed E-state index contributed by atoms with van der Waals surface area (Å²) in [5.41, 5.74) is 1.33. The molecule has 1 N–H and O–H groups in total. The van der Waals surface area contributed by atoms with Crippen LogP contribution < -0.4 is 5.32 Å². The van der Waals surface area contributed by atoms with E-state index in [0.717, 1.165) is 26.1 Å². The fourth-order valence-electron chi connectivity index (χ4n) is 2.79. The molecule has 19 heavy (non-hydrogen) atoms. The first-order valence-electron chi connectivity index (χ1n) is 7.68. The summed E-state index contributed by atoms with van der Waals surface area (Å²) in [6, 6.07) is 0.545. The number of rotatable bonds is 8. The van der Waals surface area contributed by atoms with Gasteiger partial charge in [0.15, 0.2) is 0 Å². The van der Waals surface area contributed by atoms with Crippen LogP contribution in [0, 0.1) is 0 Å². The summed E-state index contributed by atoms with van der Waals surface area (Å²) in [6.45, 7) is 7.23. The molecule has 2 rings (SSSR count). The summed E-state index contributed by atoms with van der Waals surface area (Å²) in [5, 5.41) is 7.94. The predicted octanol–water partition coefficient (Wildman–Crippen LogP) is 2.38. The third kappa shape index (κ3) is 4.62. The van der Waals surface area contributed by atoms with Crippen LogP contribution in [0.1, 0.15) is 45.1 Å². The topological polar surface area (TPSA) is 39.1 Å². The maximum absolute atomic E-state index is 5.71. The monoisotopic (exact) mass is 265 g/mol. The lowest BCUT2D eigenvalue weighted by atomic mass is 10.0. The van der Waals surface area contributed by atoms with Crippen molar-refractivity contribution >= 4 is 0 Å². The lowest BCUT2D eigenvalue weighted by Crippen LogP contribution is -2.31. The van der Waals surface area contributed by atoms with Crippen LogP contribution in [0.25, 0.3) is 0 Å². The molecule has 108 valence electrons. The fraction of sp³-hybridized carbons (Fsp3) is 0.800. The maximum atomic E-state index is 5.71. The first-order chi connectivity index (χ1) is 9.31. The standard InChI is InChI=1S/C15H27N3O/c1-3-16-14(7-8-15-6-5-9-19-15)10-13-11-17-18(4-2)12-13/h11-12,14-16H,3-10H2,1-2H3. The average molecular weight is 265 g/mol. The van der Waals surface area contributed by atoms with Crippen LogP contribution in [-0.2, 0) is 17.7 Å². The number of nitrogens with one attached hydrogen (secondary N) is 1. The highest BCUT2D eigenvalue weighted by Gasteiger charge is 2.18. The second-order valence-electron chi connectivity index (χ2n) is 5.38. The zero-order valence-electron chi connectivity index (χ0n) is 12.3. The molecule has 0 aliphatic carbocycles. The molecule has 4 heteroatoms. The molecule has 4 nitrogen and oxygen atoms in total. The van der Waals surface area contributed by atoms with Crippen molar-refractivity contribution in [2.24, 2.45) is 0 Å². The minimum Gasteiger partial charge on any atom is -0.378 e. The molecule has 1 aromatic heterocycles. The molecule has 2 unspecified atom stereocenters. The number of aromatic nitrogens is 2. The van der Waals surface area contributed by atoms with E-state index in [2.05, 4.69) is 30.5 Å². The third-order valence-electron chi connectivity index (χ3n) is 3.85. The Bertz CT molecular complexity index is 358. The summed E-state index contributed by atoms with van der Waals surface area (Å²) in [7, 11) is 0. The molecular weight excluding hydrogens is 238 g/mol. The second kappa shape index (κ2) is 7.65. The van der Waals surface area contributed by atoms with Gasteiger partial charge in [-0.15, -0.1) is 0 Å². The Balaban J connectivity index is 1.80. The van der Waals surface area contributed by atoms with Gasteiger partial charge in [0.2, 0.25) is 0 Å². The Labute approximate surface area is 116 Å². The lowest BCUT2D eigenvalue weighted by Gasteiger charge is -2.19. The number of ether oxygens (including phenoxy) is 1. The van der Waals surface area contributed by atoms with Gasteiger partial charge in [-0.3, -0.25) is 4.68 Å². The van der Waals surface area contributed by atoms with Crippen molar-refractivity contribution in [2.75, 3.05) is 13.2 Å². The number of hydrogen-bond acceptors (Lipinski definition) is 3. The number of hydrogen-bond donors (Lipinski definition) is 1. The smallest absolute Gasteiger partial charge is 0.0576 e. The van der Waals surface area contributed by atoms with Gasteiger partial charge < -0.3 is 10.1 Å². The number of nitrogens with zero attached hydrogens (tertiary/aromatic N) is 2. The zero-order valence-corrected chi connectivity index (χ0v) is 12.3. The van der Waals surface area contributed by atoms with E-state index in [9.17, 15) is 0 Å². The second-order valence-corrected chi connectivity index (χ2v) is 5.38. The van der Waals surface area contributed by atoms with E-state index in [4.69, 9.17) is 4.74 Å². The van der Waals surface area contributed by atoms with Gasteiger partial charge in [-0.25, -0.2) is 0 Å². The van der Waals surface area contributed by atoms with Gasteiger partial charge in [-0.2, -0.15) is 5.10 Å². The summed E-state index contributed by atoms with van der Waals surface area (Å²) in [4.78, 5) is 0. The van der Waals surface area contributed by atoms with Crippen molar-refractivity contribution in [3.8, 4) is 0 Å². The van der Waals surface area contributed by atoms with E-state index in [1.807, 2.05) is 10.9 Å². The van der Waals surface area contributed by atoms with Crippen LogP contribution in [0.15, 0.2) is 12.4 Å². The Kier molecular flexibility index (Phi) is 5.86. The van der Waals surface area contributed by atoms with E-state index in [-0.39, 0.29) is 0 Å². The molecule has 0 spiro atoms. The lowest BCUT2D eigenvalue weighted by molar-refractivity contribution is 0.0996. The first-order valence-corrected chi connectivity index (χ1v) is 7.68. The van der Waals surface area contributed by atoms with Crippen LogP contribution >= 0.6 is 0 Å². The largest absolute Gasteiger partial charge is 0.378 e. The summed E-state index contributed by atoms with van der Waals surface area (Å²) >= 11 is 0. The quantitative estimate of drug-likeness (QED) is 0.784. The molecular formula is C15H27N3O. The van der Waals surface area contributed by atoms with Crippen molar-refractivity contribution in [1.29, 1.82) is 0 Å². The van der Waals surface area contributed by atoms with Gasteiger partial charge in [0, 0.05) is 25.4 Å². The van der Waals surface area contributed by atoms with Crippen molar-refractivity contribution in [3.63, 3.8) is 0 Å². The SMILES string of the molecule is CCNC(CCC1CCCO1)Cc1cnn(CC)c1. The Morgan fingerprint density at radius 2 is 2.42 bits per heavy atom. The van der Waals surface area contributed by atoms with Crippen molar-refractivity contribution < 1.29 is 4.74 Å². The molecule has 0 bridgehead atoms. The number of likely N-dealkylation sites (N-methyl/N-ethyl adjacent to an activating group) is 1. The minimum atomic E-state index is 0.500. The summed E-state index contributed by atoms with van der Waals surface area (Å²) in [6.07, 6.45) is 10.6. The van der Waals surface area contributed by atoms with E-state index in [1.165, 1.54) is 31.2 Å². The van der Waals surface area contributed by atoms with E-state index in [0.29, 0.717) is 12.1 Å². The van der Waals surface area contributed by atoms with Crippen LogP contribution in [-0.4, -0.2) is 35.1 Å². The fourth-order valence-corrected chi connectivity index (χ4v) is 2.79. The first kappa shape index (κ1) is 14.5. The van der Waals surface area contributed by atoms with E-state index >= 15 is 0 Å². The van der Waals surface area contributed by atoms with Crippen molar-refractivity contribution in [2.45, 2.75) is 64.6 Å². The van der Waals surface area contributed by atoms with Gasteiger partial charge in [-0.05, 0) is 51.1 Å². The van der Waals surface area contributed by atoms with Gasteiger partial charge in [0.05, 0.1) is 12.3 Å². The third-order valence-corrected chi connectivity index (χ3v) is 3.85. The van der Waals surface area contributed by atoms with Gasteiger partial charge in [-0.1, -0.05) is 6.92 Å². The van der Waals surface area contributed by atoms with Crippen LogP contribution in [0.3, 0.4) is 0 Å². The molecule has 2 atom stereocenters. The zero-order chi connectivity index (χ0) is 13.5. The van der Waals surface area contributed by atoms with Crippen molar-refractivity contribution in [3.05, 3.63) is 18.0 Å². The molecule has 2 heterocycles. The van der Waals surface area contributed by atoms with Gasteiger partial charge >= 0.3 is 0 Å². The molecule has 1 saturated heterocycles. The molecule has 0 radical (unpaired) electrons. The highest BCUT2D eigenvalue weighted by atomic mass is 16.5. The van der Waals surface area contributed by atoms with Crippen molar-refractivity contribution in [1.82, 2.24) is 15.1 Å². The molecule has 0 amide bonds. The van der Waals surface area contributed by atoms with Gasteiger partial charge in [0.1, 0.15) is 0 Å². The van der Waals surface area contributed by atoms with Gasteiger partial charge in [0.25, 0.3) is 0 Å². The predicted molar refractivity (Wildman–Crippen MR) is 77.3 cm³/mol. The Hall–Kier alpha value is -0.870. The highest BCUT2D eigenvalue weighted by Crippen LogP contribution is 2.18. The average Bonchev–Trinajstić information content (AvgIpc) is 3.07. The van der Waals surface area contributed by atoms with E-state index < -0.39 is 0 Å². The summed E-state index contributed by atoms with van der Waals surface area (Å²) < 4.78 is 7.71. The normalized spacial score (nSPS) is 20.8. The molecule has 1 aromatic rings. The van der Waals surface area contributed by atoms with Crippen LogP contribution in [0.5, 0.6) is 0 Å². The maximum Gasteiger partial charge on any atom is 0.0576 e. The van der Waals surface area contributed by atoms with Crippen LogP contribution in [0.4, 0.5) is 0 Å². The van der Waals surface area contributed by atoms with E-state index in [1.54, 1.807) is 0 Å². The molecule has 1 fully saturated rings. The Morgan fingerprint density at radius 3 is 3.05 bits per heavy atom.